The van der Waals surface area contributed by atoms with Crippen molar-refractivity contribution < 1.29 is 5.11 Å². The highest BCUT2D eigenvalue weighted by atomic mass is 16.3. The molecule has 0 spiro atoms. The van der Waals surface area contributed by atoms with E-state index in [1.54, 1.807) is 6.20 Å². The molecule has 2 heterocycles. The summed E-state index contributed by atoms with van der Waals surface area (Å²) in [5.41, 5.74) is 2.65. The highest BCUT2D eigenvalue weighted by Crippen LogP contribution is 2.19. The van der Waals surface area contributed by atoms with Gasteiger partial charge in [0.05, 0.1) is 11.5 Å². The predicted molar refractivity (Wildman–Crippen MR) is 82.0 cm³/mol. The average molecular weight is 280 g/mol. The summed E-state index contributed by atoms with van der Waals surface area (Å²) < 4.78 is 0. The fraction of sp³-hybridized carbons (Fsp3) is 0.188. The summed E-state index contributed by atoms with van der Waals surface area (Å²) in [6.07, 6.45) is 2.57. The highest BCUT2D eigenvalue weighted by molar-refractivity contribution is 5.85. The van der Waals surface area contributed by atoms with E-state index in [-0.39, 0.29) is 0 Å². The molecule has 0 saturated heterocycles. The van der Waals surface area contributed by atoms with Crippen molar-refractivity contribution in [1.82, 2.24) is 15.0 Å². The van der Waals surface area contributed by atoms with E-state index >= 15 is 0 Å². The van der Waals surface area contributed by atoms with Crippen LogP contribution in [0.5, 0.6) is 0 Å². The van der Waals surface area contributed by atoms with E-state index in [4.69, 9.17) is 0 Å². The molecule has 0 saturated carbocycles. The lowest BCUT2D eigenvalue weighted by Gasteiger charge is -2.14. The zero-order chi connectivity index (χ0) is 14.7. The molecule has 0 fully saturated rings. The first-order valence-electron chi connectivity index (χ1n) is 6.78. The van der Waals surface area contributed by atoms with E-state index in [9.17, 15) is 5.11 Å². The molecular formula is C16H16N4O. The average Bonchev–Trinajstić information content (AvgIpc) is 2.52. The number of aromatic nitrogens is 3. The lowest BCUT2D eigenvalue weighted by molar-refractivity contribution is 0.191. The second-order valence-electron chi connectivity index (χ2n) is 4.91. The Morgan fingerprint density at radius 3 is 2.90 bits per heavy atom. The first-order valence-corrected chi connectivity index (χ1v) is 6.78. The SMILES string of the molecule is Cc1cccc(C(O)CNc2ncnc3ncccc23)c1. The third-order valence-corrected chi connectivity index (χ3v) is 3.30. The highest BCUT2D eigenvalue weighted by Gasteiger charge is 2.09. The van der Waals surface area contributed by atoms with Crippen LogP contribution in [0.3, 0.4) is 0 Å². The van der Waals surface area contributed by atoms with Crippen LogP contribution in [0.2, 0.25) is 0 Å². The molecule has 5 nitrogen and oxygen atoms in total. The Hall–Kier alpha value is -2.53. The van der Waals surface area contributed by atoms with E-state index < -0.39 is 6.10 Å². The number of anilines is 1. The van der Waals surface area contributed by atoms with Crippen LogP contribution in [0.4, 0.5) is 5.82 Å². The van der Waals surface area contributed by atoms with Crippen LogP contribution < -0.4 is 5.32 Å². The van der Waals surface area contributed by atoms with Crippen LogP contribution >= 0.6 is 0 Å². The van der Waals surface area contributed by atoms with Crippen molar-refractivity contribution >= 4 is 16.9 Å². The molecule has 3 aromatic rings. The van der Waals surface area contributed by atoms with Crippen molar-refractivity contribution in [1.29, 1.82) is 0 Å². The number of aliphatic hydroxyl groups excluding tert-OH is 1. The molecule has 3 rings (SSSR count). The topological polar surface area (TPSA) is 70.9 Å². The van der Waals surface area contributed by atoms with Gasteiger partial charge in [-0.2, -0.15) is 0 Å². The molecule has 0 radical (unpaired) electrons. The minimum absolute atomic E-state index is 0.379. The van der Waals surface area contributed by atoms with E-state index in [2.05, 4.69) is 20.3 Å². The molecule has 1 unspecified atom stereocenters. The summed E-state index contributed by atoms with van der Waals surface area (Å²) >= 11 is 0. The van der Waals surface area contributed by atoms with E-state index in [0.717, 1.165) is 16.5 Å². The maximum Gasteiger partial charge on any atom is 0.164 e. The van der Waals surface area contributed by atoms with E-state index in [0.29, 0.717) is 18.0 Å². The van der Waals surface area contributed by atoms with Crippen LogP contribution in [0.15, 0.2) is 48.9 Å². The Morgan fingerprint density at radius 2 is 2.05 bits per heavy atom. The largest absolute Gasteiger partial charge is 0.387 e. The molecule has 21 heavy (non-hydrogen) atoms. The number of rotatable bonds is 4. The van der Waals surface area contributed by atoms with Crippen molar-refractivity contribution in [2.45, 2.75) is 13.0 Å². The molecule has 0 bridgehead atoms. The normalized spacial score (nSPS) is 12.3. The summed E-state index contributed by atoms with van der Waals surface area (Å²) in [5.74, 6) is 0.680. The summed E-state index contributed by atoms with van der Waals surface area (Å²) in [5, 5.41) is 14.3. The van der Waals surface area contributed by atoms with Crippen LogP contribution in [0.1, 0.15) is 17.2 Å². The zero-order valence-electron chi connectivity index (χ0n) is 11.7. The maximum absolute atomic E-state index is 10.3. The Bertz CT molecular complexity index is 755. The second-order valence-corrected chi connectivity index (χ2v) is 4.91. The molecule has 2 aromatic heterocycles. The minimum Gasteiger partial charge on any atom is -0.387 e. The van der Waals surface area contributed by atoms with Crippen molar-refractivity contribution in [3.63, 3.8) is 0 Å². The van der Waals surface area contributed by atoms with E-state index in [1.165, 1.54) is 6.33 Å². The predicted octanol–water partition coefficient (Wildman–Crippen LogP) is 2.48. The monoisotopic (exact) mass is 280 g/mol. The quantitative estimate of drug-likeness (QED) is 0.768. The number of benzene rings is 1. The molecule has 0 aliphatic rings. The van der Waals surface area contributed by atoms with Gasteiger partial charge in [0, 0.05) is 12.7 Å². The number of nitrogens with one attached hydrogen (secondary N) is 1. The summed E-state index contributed by atoms with van der Waals surface area (Å²) in [6, 6.07) is 11.6. The van der Waals surface area contributed by atoms with Crippen LogP contribution in [-0.2, 0) is 0 Å². The standard InChI is InChI=1S/C16H16N4O/c1-11-4-2-5-12(8-11)14(21)9-18-16-13-6-3-7-17-15(13)19-10-20-16/h2-8,10,14,21H,9H2,1H3,(H,17,18,19,20). The number of hydrogen-bond acceptors (Lipinski definition) is 5. The fourth-order valence-corrected chi connectivity index (χ4v) is 2.22. The number of aryl methyl sites for hydroxylation is 1. The van der Waals surface area contributed by atoms with Crippen molar-refractivity contribution in [3.8, 4) is 0 Å². The van der Waals surface area contributed by atoms with Gasteiger partial charge in [-0.25, -0.2) is 15.0 Å². The molecule has 2 N–H and O–H groups in total. The maximum atomic E-state index is 10.3. The third kappa shape index (κ3) is 2.98. The summed E-state index contributed by atoms with van der Waals surface area (Å²) in [6.45, 7) is 2.39. The number of fused-ring (bicyclic) bond motifs is 1. The molecule has 0 aliphatic heterocycles. The van der Waals surface area contributed by atoms with Gasteiger partial charge in [0.1, 0.15) is 12.1 Å². The minimum atomic E-state index is -0.591. The van der Waals surface area contributed by atoms with Crippen molar-refractivity contribution in [3.05, 3.63) is 60.0 Å². The Kier molecular flexibility index (Phi) is 3.75. The van der Waals surface area contributed by atoms with Gasteiger partial charge in [-0.1, -0.05) is 29.8 Å². The van der Waals surface area contributed by atoms with Gasteiger partial charge in [-0.3, -0.25) is 0 Å². The van der Waals surface area contributed by atoms with E-state index in [1.807, 2.05) is 43.3 Å². The van der Waals surface area contributed by atoms with Gasteiger partial charge in [0.2, 0.25) is 0 Å². The first kappa shape index (κ1) is 13.5. The van der Waals surface area contributed by atoms with Crippen LogP contribution in [-0.4, -0.2) is 26.6 Å². The van der Waals surface area contributed by atoms with Gasteiger partial charge < -0.3 is 10.4 Å². The molecule has 106 valence electrons. The van der Waals surface area contributed by atoms with Crippen molar-refractivity contribution in [2.24, 2.45) is 0 Å². The number of pyridine rings is 1. The lowest BCUT2D eigenvalue weighted by atomic mass is 10.1. The lowest BCUT2D eigenvalue weighted by Crippen LogP contribution is -2.13. The smallest absolute Gasteiger partial charge is 0.164 e. The molecule has 1 aromatic carbocycles. The van der Waals surface area contributed by atoms with Crippen molar-refractivity contribution in [2.75, 3.05) is 11.9 Å². The third-order valence-electron chi connectivity index (χ3n) is 3.30. The van der Waals surface area contributed by atoms with Gasteiger partial charge in [0.15, 0.2) is 5.65 Å². The molecule has 1 atom stereocenters. The number of nitrogens with zero attached hydrogens (tertiary/aromatic N) is 3. The Morgan fingerprint density at radius 1 is 1.14 bits per heavy atom. The van der Waals surface area contributed by atoms with Gasteiger partial charge in [-0.15, -0.1) is 0 Å². The summed E-state index contributed by atoms with van der Waals surface area (Å²) in [4.78, 5) is 12.5. The fourth-order valence-electron chi connectivity index (χ4n) is 2.22. The van der Waals surface area contributed by atoms with Gasteiger partial charge in [0.25, 0.3) is 0 Å². The zero-order valence-corrected chi connectivity index (χ0v) is 11.7. The van der Waals surface area contributed by atoms with Crippen LogP contribution in [0.25, 0.3) is 11.0 Å². The first-order chi connectivity index (χ1) is 10.2. The number of aliphatic hydroxyl groups is 1. The second kappa shape index (κ2) is 5.85. The molecular weight excluding hydrogens is 264 g/mol. The molecule has 0 amide bonds. The Balaban J connectivity index is 1.77. The number of hydrogen-bond donors (Lipinski definition) is 2. The van der Waals surface area contributed by atoms with Gasteiger partial charge in [-0.05, 0) is 24.6 Å². The molecule has 5 heteroatoms. The summed E-state index contributed by atoms with van der Waals surface area (Å²) in [7, 11) is 0. The Labute approximate surface area is 122 Å². The van der Waals surface area contributed by atoms with Crippen LogP contribution in [0, 0.1) is 6.92 Å². The van der Waals surface area contributed by atoms with Gasteiger partial charge >= 0.3 is 0 Å². The molecule has 0 aliphatic carbocycles.